The van der Waals surface area contributed by atoms with Crippen molar-refractivity contribution in [1.29, 1.82) is 0 Å². The van der Waals surface area contributed by atoms with Crippen LogP contribution >= 0.6 is 0 Å². The third-order valence-corrected chi connectivity index (χ3v) is 4.66. The number of ketones is 1. The Balaban J connectivity index is 1.62. The smallest absolute Gasteiger partial charge is 0.326 e. The van der Waals surface area contributed by atoms with Gasteiger partial charge in [0.05, 0.1) is 12.1 Å². The first-order valence-electron chi connectivity index (χ1n) is 9.31. The van der Waals surface area contributed by atoms with Gasteiger partial charge in [-0.05, 0) is 37.6 Å². The lowest BCUT2D eigenvalue weighted by Gasteiger charge is -2.26. The molecule has 3 rings (SSSR count). The summed E-state index contributed by atoms with van der Waals surface area (Å²) >= 11 is 0. The highest BCUT2D eigenvalue weighted by Gasteiger charge is 2.33. The second kappa shape index (κ2) is 8.69. The van der Waals surface area contributed by atoms with E-state index in [1.165, 1.54) is 13.8 Å². The van der Waals surface area contributed by atoms with Crippen molar-refractivity contribution in [2.45, 2.75) is 26.4 Å². The first-order valence-corrected chi connectivity index (χ1v) is 9.31. The highest BCUT2D eigenvalue weighted by Crippen LogP contribution is 2.20. The maximum Gasteiger partial charge on any atom is 0.326 e. The van der Waals surface area contributed by atoms with E-state index < -0.39 is 36.3 Å². The topological polar surface area (TPSA) is 110 Å². The number of nitrogens with one attached hydrogen (secondary N) is 1. The highest BCUT2D eigenvalue weighted by atomic mass is 16.5. The number of rotatable bonds is 6. The van der Waals surface area contributed by atoms with Gasteiger partial charge in [-0.25, -0.2) is 0 Å². The van der Waals surface area contributed by atoms with Crippen molar-refractivity contribution in [2.24, 2.45) is 0 Å². The van der Waals surface area contributed by atoms with Gasteiger partial charge in [-0.3, -0.25) is 28.9 Å². The van der Waals surface area contributed by atoms with Crippen LogP contribution in [0.1, 0.15) is 40.1 Å². The van der Waals surface area contributed by atoms with E-state index in [1.54, 1.807) is 48.5 Å². The van der Waals surface area contributed by atoms with Gasteiger partial charge in [-0.1, -0.05) is 30.3 Å². The fourth-order valence-electron chi connectivity index (χ4n) is 3.11. The number of fused-ring (bicyclic) bond motifs is 1. The summed E-state index contributed by atoms with van der Waals surface area (Å²) in [5.41, 5.74) is 1.59. The predicted molar refractivity (Wildman–Crippen MR) is 107 cm³/mol. The summed E-state index contributed by atoms with van der Waals surface area (Å²) in [4.78, 5) is 61.9. The fraction of sp³-hybridized carbons (Fsp3) is 0.227. The number of ether oxygens (including phenoxy) is 1. The Morgan fingerprint density at radius 2 is 1.73 bits per heavy atom. The van der Waals surface area contributed by atoms with E-state index in [-0.39, 0.29) is 12.2 Å². The molecule has 3 amide bonds. The van der Waals surface area contributed by atoms with E-state index in [9.17, 15) is 24.0 Å². The number of para-hydroxylation sites is 1. The summed E-state index contributed by atoms with van der Waals surface area (Å²) in [5, 5.41) is 2.55. The average molecular weight is 408 g/mol. The molecule has 0 aliphatic carbocycles. The number of benzene rings is 2. The van der Waals surface area contributed by atoms with Gasteiger partial charge < -0.3 is 10.1 Å². The summed E-state index contributed by atoms with van der Waals surface area (Å²) in [6, 6.07) is 13.1. The maximum atomic E-state index is 12.5. The minimum atomic E-state index is -1.19. The Morgan fingerprint density at radius 3 is 2.47 bits per heavy atom. The Kier molecular flexibility index (Phi) is 6.06. The van der Waals surface area contributed by atoms with Crippen LogP contribution in [0.5, 0.6) is 0 Å². The van der Waals surface area contributed by atoms with Crippen LogP contribution in [0.4, 0.5) is 5.69 Å². The van der Waals surface area contributed by atoms with E-state index in [0.29, 0.717) is 22.4 Å². The normalized spacial score (nSPS) is 14.0. The molecule has 0 spiro atoms. The summed E-state index contributed by atoms with van der Waals surface area (Å²) in [6.07, 6.45) is -1.19. The molecule has 0 saturated heterocycles. The van der Waals surface area contributed by atoms with Crippen LogP contribution in [0.3, 0.4) is 0 Å². The molecule has 0 saturated carbocycles. The standard InChI is InChI=1S/C22H20N2O6/c1-13(25)16-8-5-6-10-18(16)23-21(28)14(2)30-20(27)12-24-19(26)11-15-7-3-4-9-17(15)22(24)29/h3-10,14H,11-12H2,1-2H3,(H,23,28)/t14-/m1/s1. The summed E-state index contributed by atoms with van der Waals surface area (Å²) in [6.45, 7) is 2.14. The van der Waals surface area contributed by atoms with Gasteiger partial charge in [0, 0.05) is 11.1 Å². The molecule has 8 nitrogen and oxygen atoms in total. The number of carbonyl (C=O) groups excluding carboxylic acids is 5. The van der Waals surface area contributed by atoms with Crippen LogP contribution in [-0.2, 0) is 25.5 Å². The maximum absolute atomic E-state index is 12.5. The van der Waals surface area contributed by atoms with E-state index in [0.717, 1.165) is 4.90 Å². The Morgan fingerprint density at radius 1 is 1.07 bits per heavy atom. The summed E-state index contributed by atoms with van der Waals surface area (Å²) in [5.74, 6) is -2.84. The lowest BCUT2D eigenvalue weighted by Crippen LogP contribution is -2.46. The number of esters is 1. The average Bonchev–Trinajstić information content (AvgIpc) is 2.71. The molecule has 0 fully saturated rings. The van der Waals surface area contributed by atoms with Gasteiger partial charge in [0.15, 0.2) is 11.9 Å². The van der Waals surface area contributed by atoms with Crippen LogP contribution in [0.2, 0.25) is 0 Å². The number of imide groups is 1. The summed E-state index contributed by atoms with van der Waals surface area (Å²) < 4.78 is 5.09. The number of Topliss-reactive ketones (excluding diaryl/α,β-unsaturated/α-hetero) is 1. The van der Waals surface area contributed by atoms with Crippen LogP contribution in [0.15, 0.2) is 48.5 Å². The van der Waals surface area contributed by atoms with Crippen molar-refractivity contribution in [2.75, 3.05) is 11.9 Å². The molecule has 30 heavy (non-hydrogen) atoms. The van der Waals surface area contributed by atoms with Gasteiger partial charge in [-0.2, -0.15) is 0 Å². The van der Waals surface area contributed by atoms with Crippen molar-refractivity contribution >= 4 is 35.2 Å². The quantitative estimate of drug-likeness (QED) is 0.445. The third-order valence-electron chi connectivity index (χ3n) is 4.66. The fourth-order valence-corrected chi connectivity index (χ4v) is 3.11. The number of hydrogen-bond donors (Lipinski definition) is 1. The third kappa shape index (κ3) is 4.43. The second-order valence-electron chi connectivity index (χ2n) is 6.84. The van der Waals surface area contributed by atoms with Gasteiger partial charge in [0.1, 0.15) is 6.54 Å². The highest BCUT2D eigenvalue weighted by molar-refractivity contribution is 6.11. The molecule has 1 aliphatic rings. The van der Waals surface area contributed by atoms with Crippen molar-refractivity contribution in [3.05, 3.63) is 65.2 Å². The van der Waals surface area contributed by atoms with Crippen LogP contribution in [0, 0.1) is 0 Å². The van der Waals surface area contributed by atoms with E-state index in [4.69, 9.17) is 4.74 Å². The van der Waals surface area contributed by atoms with Crippen LogP contribution in [0.25, 0.3) is 0 Å². The van der Waals surface area contributed by atoms with Gasteiger partial charge in [0.2, 0.25) is 5.91 Å². The lowest BCUT2D eigenvalue weighted by atomic mass is 9.98. The predicted octanol–water partition coefficient (Wildman–Crippen LogP) is 1.98. The SMILES string of the molecule is CC(=O)c1ccccc1NC(=O)[C@@H](C)OC(=O)CN1C(=O)Cc2ccccc2C1=O. The monoisotopic (exact) mass is 408 g/mol. The molecular weight excluding hydrogens is 388 g/mol. The molecule has 1 N–H and O–H groups in total. The van der Waals surface area contributed by atoms with Crippen LogP contribution in [-0.4, -0.2) is 47.0 Å². The first-order chi connectivity index (χ1) is 14.3. The van der Waals surface area contributed by atoms with E-state index >= 15 is 0 Å². The Bertz CT molecular complexity index is 1050. The van der Waals surface area contributed by atoms with Gasteiger partial charge >= 0.3 is 5.97 Å². The number of carbonyl (C=O) groups is 5. The van der Waals surface area contributed by atoms with Crippen molar-refractivity contribution < 1.29 is 28.7 Å². The van der Waals surface area contributed by atoms with Gasteiger partial charge in [0.25, 0.3) is 11.8 Å². The zero-order chi connectivity index (χ0) is 21.8. The Hall–Kier alpha value is -3.81. The molecule has 1 atom stereocenters. The molecular formula is C22H20N2O6. The lowest BCUT2D eigenvalue weighted by molar-refractivity contribution is -0.155. The van der Waals surface area contributed by atoms with Crippen molar-refractivity contribution in [3.63, 3.8) is 0 Å². The molecule has 2 aromatic carbocycles. The minimum Gasteiger partial charge on any atom is -0.451 e. The summed E-state index contributed by atoms with van der Waals surface area (Å²) in [7, 11) is 0. The van der Waals surface area contributed by atoms with E-state index in [1.807, 2.05) is 0 Å². The number of anilines is 1. The molecule has 2 aromatic rings. The van der Waals surface area contributed by atoms with E-state index in [2.05, 4.69) is 5.32 Å². The molecule has 0 radical (unpaired) electrons. The molecule has 154 valence electrons. The molecule has 1 aliphatic heterocycles. The first kappa shape index (κ1) is 20.9. The molecule has 1 heterocycles. The number of nitrogens with zero attached hydrogens (tertiary/aromatic N) is 1. The Labute approximate surface area is 172 Å². The number of hydrogen-bond acceptors (Lipinski definition) is 6. The van der Waals surface area contributed by atoms with Crippen molar-refractivity contribution in [3.8, 4) is 0 Å². The van der Waals surface area contributed by atoms with Crippen molar-refractivity contribution in [1.82, 2.24) is 4.90 Å². The van der Waals surface area contributed by atoms with Crippen LogP contribution < -0.4 is 5.32 Å². The zero-order valence-corrected chi connectivity index (χ0v) is 16.5. The molecule has 0 bridgehead atoms. The molecule has 0 unspecified atom stereocenters. The zero-order valence-electron chi connectivity index (χ0n) is 16.5. The molecule has 8 heteroatoms. The second-order valence-corrected chi connectivity index (χ2v) is 6.84. The minimum absolute atomic E-state index is 0.00701. The largest absolute Gasteiger partial charge is 0.451 e. The molecule has 0 aromatic heterocycles. The van der Waals surface area contributed by atoms with Gasteiger partial charge in [-0.15, -0.1) is 0 Å². The number of amides is 3.